The molecule has 1 aliphatic heterocycles. The highest BCUT2D eigenvalue weighted by Gasteiger charge is 2.28. The fourth-order valence-electron chi connectivity index (χ4n) is 2.35. The van der Waals surface area contributed by atoms with Crippen molar-refractivity contribution in [1.82, 2.24) is 4.90 Å². The van der Waals surface area contributed by atoms with E-state index < -0.39 is 0 Å². The molecule has 0 spiro atoms. The van der Waals surface area contributed by atoms with Crippen molar-refractivity contribution in [1.29, 1.82) is 0 Å². The van der Waals surface area contributed by atoms with Crippen LogP contribution in [0.2, 0.25) is 0 Å². The van der Waals surface area contributed by atoms with Gasteiger partial charge in [-0.1, -0.05) is 34.1 Å². The van der Waals surface area contributed by atoms with E-state index in [2.05, 4.69) is 22.0 Å². The molecule has 0 radical (unpaired) electrons. The lowest BCUT2D eigenvalue weighted by atomic mass is 10.1. The number of hydrogen-bond donors (Lipinski definition) is 0. The number of ether oxygens (including phenoxy) is 1. The average molecular weight is 340 g/mol. The molecule has 100 valence electrons. The van der Waals surface area contributed by atoms with Gasteiger partial charge in [0.05, 0.1) is 24.8 Å². The van der Waals surface area contributed by atoms with Crippen molar-refractivity contribution in [2.45, 2.75) is 6.04 Å². The Kier molecular flexibility index (Phi) is 3.86. The molecular formula is C14H14BrNO2S. The van der Waals surface area contributed by atoms with E-state index >= 15 is 0 Å². The summed E-state index contributed by atoms with van der Waals surface area (Å²) >= 11 is 5.09. The van der Waals surface area contributed by atoms with Crippen molar-refractivity contribution in [2.24, 2.45) is 0 Å². The van der Waals surface area contributed by atoms with E-state index in [1.807, 2.05) is 28.5 Å². The number of carbonyl (C=O) groups excluding carboxylic acids is 1. The number of morpholine rings is 1. The molecule has 0 aliphatic carbocycles. The molecule has 3 rings (SSSR count). The number of halogens is 1. The molecule has 1 aromatic carbocycles. The Bertz CT molecular complexity index is 598. The van der Waals surface area contributed by atoms with Crippen molar-refractivity contribution < 1.29 is 9.53 Å². The van der Waals surface area contributed by atoms with Gasteiger partial charge in [-0.15, -0.1) is 11.3 Å². The second-order valence-corrected chi connectivity index (χ2v) is 6.09. The molecule has 1 aliphatic rings. The number of carbonyl (C=O) groups is 1. The number of amides is 1. The minimum absolute atomic E-state index is 0.116. The quantitative estimate of drug-likeness (QED) is 0.786. The van der Waals surface area contributed by atoms with Gasteiger partial charge in [-0.25, -0.2) is 0 Å². The van der Waals surface area contributed by atoms with Gasteiger partial charge in [-0.05, 0) is 6.07 Å². The van der Waals surface area contributed by atoms with Gasteiger partial charge in [0, 0.05) is 27.3 Å². The monoisotopic (exact) mass is 339 g/mol. The summed E-state index contributed by atoms with van der Waals surface area (Å²) in [7, 11) is 0. The van der Waals surface area contributed by atoms with E-state index in [0.29, 0.717) is 19.8 Å². The molecular weight excluding hydrogens is 326 g/mol. The zero-order valence-electron chi connectivity index (χ0n) is 10.3. The zero-order chi connectivity index (χ0) is 13.2. The van der Waals surface area contributed by atoms with E-state index in [1.165, 1.54) is 0 Å². The van der Waals surface area contributed by atoms with Crippen LogP contribution in [0.3, 0.4) is 0 Å². The first-order valence-electron chi connectivity index (χ1n) is 6.22. The maximum absolute atomic E-state index is 12.7. The summed E-state index contributed by atoms with van der Waals surface area (Å²) in [6.45, 7) is 1.90. The number of fused-ring (bicyclic) bond motifs is 1. The van der Waals surface area contributed by atoms with E-state index in [-0.39, 0.29) is 11.9 Å². The maximum atomic E-state index is 12.7. The number of thiophene rings is 1. The third-order valence-electron chi connectivity index (χ3n) is 3.38. The van der Waals surface area contributed by atoms with E-state index in [4.69, 9.17) is 4.74 Å². The second-order valence-electron chi connectivity index (χ2n) is 4.53. The van der Waals surface area contributed by atoms with Gasteiger partial charge in [0.15, 0.2) is 0 Å². The van der Waals surface area contributed by atoms with Crippen molar-refractivity contribution in [2.75, 3.05) is 25.1 Å². The molecule has 1 aromatic heterocycles. The Labute approximate surface area is 124 Å². The number of nitrogens with zero attached hydrogens (tertiary/aromatic N) is 1. The molecule has 1 unspecified atom stereocenters. The molecule has 0 bridgehead atoms. The first-order chi connectivity index (χ1) is 9.31. The highest BCUT2D eigenvalue weighted by Crippen LogP contribution is 2.27. The Morgan fingerprint density at radius 1 is 1.47 bits per heavy atom. The molecule has 1 fully saturated rings. The summed E-state index contributed by atoms with van der Waals surface area (Å²) in [5, 5.41) is 3.77. The zero-order valence-corrected chi connectivity index (χ0v) is 12.7. The van der Waals surface area contributed by atoms with Crippen LogP contribution >= 0.6 is 27.3 Å². The van der Waals surface area contributed by atoms with Crippen molar-refractivity contribution in [3.05, 3.63) is 35.2 Å². The van der Waals surface area contributed by atoms with Gasteiger partial charge in [-0.3, -0.25) is 4.79 Å². The predicted molar refractivity (Wildman–Crippen MR) is 81.3 cm³/mol. The lowest BCUT2D eigenvalue weighted by molar-refractivity contribution is 0.00538. The first kappa shape index (κ1) is 13.1. The molecule has 5 heteroatoms. The average Bonchev–Trinajstić information content (AvgIpc) is 2.90. The smallest absolute Gasteiger partial charge is 0.255 e. The standard InChI is InChI=1S/C14H14BrNO2S/c15-7-10-8-18-6-5-16(10)14(17)12-9-19-13-4-2-1-3-11(12)13/h1-4,9-10H,5-8H2. The van der Waals surface area contributed by atoms with E-state index in [0.717, 1.165) is 21.0 Å². The van der Waals surface area contributed by atoms with Crippen LogP contribution < -0.4 is 0 Å². The largest absolute Gasteiger partial charge is 0.377 e. The molecule has 0 saturated carbocycles. The minimum atomic E-state index is 0.116. The van der Waals surface area contributed by atoms with E-state index in [9.17, 15) is 4.79 Å². The molecule has 2 heterocycles. The van der Waals surface area contributed by atoms with Crippen LogP contribution in [0.15, 0.2) is 29.6 Å². The fourth-order valence-corrected chi connectivity index (χ4v) is 3.82. The van der Waals surface area contributed by atoms with Gasteiger partial charge in [0.2, 0.25) is 0 Å². The summed E-state index contributed by atoms with van der Waals surface area (Å²) in [6.07, 6.45) is 0. The Morgan fingerprint density at radius 3 is 3.16 bits per heavy atom. The van der Waals surface area contributed by atoms with Crippen LogP contribution in [0.25, 0.3) is 10.1 Å². The predicted octanol–water partition coefficient (Wildman–Crippen LogP) is 3.14. The molecule has 1 amide bonds. The lowest BCUT2D eigenvalue weighted by Crippen LogP contribution is -2.49. The summed E-state index contributed by atoms with van der Waals surface area (Å²) in [4.78, 5) is 14.6. The third kappa shape index (κ3) is 2.42. The topological polar surface area (TPSA) is 29.5 Å². The van der Waals surface area contributed by atoms with Crippen molar-refractivity contribution in [3.8, 4) is 0 Å². The molecule has 3 nitrogen and oxygen atoms in total. The normalized spacial score (nSPS) is 19.8. The van der Waals surface area contributed by atoms with Crippen LogP contribution in [0.1, 0.15) is 10.4 Å². The highest BCUT2D eigenvalue weighted by atomic mass is 79.9. The van der Waals surface area contributed by atoms with Crippen LogP contribution in [-0.4, -0.2) is 41.9 Å². The number of alkyl halides is 1. The lowest BCUT2D eigenvalue weighted by Gasteiger charge is -2.34. The fraction of sp³-hybridized carbons (Fsp3) is 0.357. The Hall–Kier alpha value is -0.910. The minimum Gasteiger partial charge on any atom is -0.377 e. The molecule has 0 N–H and O–H groups in total. The summed E-state index contributed by atoms with van der Waals surface area (Å²) < 4.78 is 6.60. The molecule has 19 heavy (non-hydrogen) atoms. The van der Waals surface area contributed by atoms with E-state index in [1.54, 1.807) is 11.3 Å². The van der Waals surface area contributed by atoms with Gasteiger partial charge in [0.1, 0.15) is 0 Å². The number of benzene rings is 1. The van der Waals surface area contributed by atoms with Crippen molar-refractivity contribution >= 4 is 43.3 Å². The number of rotatable bonds is 2. The van der Waals surface area contributed by atoms with Gasteiger partial charge >= 0.3 is 0 Å². The van der Waals surface area contributed by atoms with Gasteiger partial charge in [0.25, 0.3) is 5.91 Å². The molecule has 2 aromatic rings. The van der Waals surface area contributed by atoms with Crippen LogP contribution in [0, 0.1) is 0 Å². The van der Waals surface area contributed by atoms with Gasteiger partial charge in [-0.2, -0.15) is 0 Å². The summed E-state index contributed by atoms with van der Waals surface area (Å²) in [5.74, 6) is 0.116. The first-order valence-corrected chi connectivity index (χ1v) is 8.22. The Balaban J connectivity index is 1.94. The van der Waals surface area contributed by atoms with Crippen LogP contribution in [-0.2, 0) is 4.74 Å². The van der Waals surface area contributed by atoms with Crippen LogP contribution in [0.5, 0.6) is 0 Å². The second kappa shape index (κ2) is 5.61. The summed E-state index contributed by atoms with van der Waals surface area (Å²) in [5.41, 5.74) is 0.813. The Morgan fingerprint density at radius 2 is 2.32 bits per heavy atom. The maximum Gasteiger partial charge on any atom is 0.255 e. The summed E-state index contributed by atoms with van der Waals surface area (Å²) in [6, 6.07) is 8.18. The molecule has 1 saturated heterocycles. The number of hydrogen-bond acceptors (Lipinski definition) is 3. The highest BCUT2D eigenvalue weighted by molar-refractivity contribution is 9.09. The molecule has 1 atom stereocenters. The SMILES string of the molecule is O=C(c1csc2ccccc12)N1CCOCC1CBr. The van der Waals surface area contributed by atoms with Crippen LogP contribution in [0.4, 0.5) is 0 Å². The van der Waals surface area contributed by atoms with Gasteiger partial charge < -0.3 is 9.64 Å². The van der Waals surface area contributed by atoms with Crippen molar-refractivity contribution in [3.63, 3.8) is 0 Å². The third-order valence-corrected chi connectivity index (χ3v) is 5.09.